The Morgan fingerprint density at radius 2 is 1.59 bits per heavy atom. The van der Waals surface area contributed by atoms with E-state index in [1.54, 1.807) is 36.4 Å². The Bertz CT molecular complexity index is 1380. The van der Waals surface area contributed by atoms with Crippen LogP contribution in [0.25, 0.3) is 0 Å². The number of carbonyl (C=O) groups excluding carboxylic acids is 2. The second-order valence-corrected chi connectivity index (χ2v) is 12.0. The van der Waals surface area contributed by atoms with Crippen molar-refractivity contribution < 1.29 is 18.0 Å². The number of nitrogens with one attached hydrogen (secondary N) is 1. The minimum Gasteiger partial charge on any atom is -0.354 e. The van der Waals surface area contributed by atoms with E-state index in [4.69, 9.17) is 11.6 Å². The van der Waals surface area contributed by atoms with Crippen molar-refractivity contribution >= 4 is 39.1 Å². The number of carbonyl (C=O) groups is 2. The number of hydrogen-bond donors (Lipinski definition) is 1. The fraction of sp³-hybridized carbons (Fsp3) is 0.333. The Labute approximate surface area is 236 Å². The summed E-state index contributed by atoms with van der Waals surface area (Å²) >= 11 is 6.08. The van der Waals surface area contributed by atoms with Crippen molar-refractivity contribution in [2.75, 3.05) is 23.7 Å². The second-order valence-electron chi connectivity index (χ2n) is 9.63. The van der Waals surface area contributed by atoms with Crippen molar-refractivity contribution in [3.8, 4) is 0 Å². The Morgan fingerprint density at radius 3 is 2.21 bits per heavy atom. The minimum atomic E-state index is -3.82. The van der Waals surface area contributed by atoms with Gasteiger partial charge in [-0.2, -0.15) is 0 Å². The second kappa shape index (κ2) is 13.6. The van der Waals surface area contributed by atoms with Crippen molar-refractivity contribution in [2.24, 2.45) is 0 Å². The number of benzene rings is 3. The third kappa shape index (κ3) is 8.31. The molecule has 3 aromatic rings. The smallest absolute Gasteiger partial charge is 0.244 e. The first-order valence-electron chi connectivity index (χ1n) is 12.9. The molecule has 3 rings (SSSR count). The average Bonchev–Trinajstić information content (AvgIpc) is 2.90. The maximum atomic E-state index is 14.1. The molecule has 1 atom stereocenters. The standard InChI is InChI=1S/C30H36ClN3O4S/c1-5-18-32-30(36)28(19-24-11-7-6-8-12-24)33(20-25-14-16-26(31)17-15-25)29(35)21-34(39(4,37)38)27-13-9-10-22(2)23(27)3/h6-17,28H,5,18-21H2,1-4H3,(H,32,36). The molecule has 1 N–H and O–H groups in total. The fourth-order valence-electron chi connectivity index (χ4n) is 4.31. The molecule has 0 fully saturated rings. The molecule has 0 aliphatic rings. The molecule has 0 aromatic heterocycles. The molecule has 208 valence electrons. The van der Waals surface area contributed by atoms with E-state index in [-0.39, 0.29) is 18.9 Å². The number of sulfonamides is 1. The molecule has 0 saturated heterocycles. The van der Waals surface area contributed by atoms with Crippen LogP contribution in [0.15, 0.2) is 72.8 Å². The lowest BCUT2D eigenvalue weighted by Gasteiger charge is -2.34. The molecule has 1 unspecified atom stereocenters. The summed E-state index contributed by atoms with van der Waals surface area (Å²) < 4.78 is 27.0. The van der Waals surface area contributed by atoms with Crippen LogP contribution in [0.3, 0.4) is 0 Å². The predicted octanol–water partition coefficient (Wildman–Crippen LogP) is 4.89. The average molecular weight is 570 g/mol. The van der Waals surface area contributed by atoms with Gasteiger partial charge >= 0.3 is 0 Å². The van der Waals surface area contributed by atoms with Gasteiger partial charge in [0.25, 0.3) is 0 Å². The third-order valence-electron chi connectivity index (χ3n) is 6.61. The van der Waals surface area contributed by atoms with Gasteiger partial charge in [0.2, 0.25) is 21.8 Å². The van der Waals surface area contributed by atoms with Crippen molar-refractivity contribution in [1.82, 2.24) is 10.2 Å². The molecule has 39 heavy (non-hydrogen) atoms. The number of nitrogens with zero attached hydrogens (tertiary/aromatic N) is 2. The van der Waals surface area contributed by atoms with Gasteiger partial charge < -0.3 is 10.2 Å². The van der Waals surface area contributed by atoms with Crippen LogP contribution in [0.1, 0.15) is 35.6 Å². The van der Waals surface area contributed by atoms with E-state index < -0.39 is 28.5 Å². The lowest BCUT2D eigenvalue weighted by atomic mass is 10.0. The largest absolute Gasteiger partial charge is 0.354 e. The summed E-state index contributed by atoms with van der Waals surface area (Å²) in [5, 5.41) is 3.48. The van der Waals surface area contributed by atoms with Gasteiger partial charge in [0.1, 0.15) is 12.6 Å². The summed E-state index contributed by atoms with van der Waals surface area (Å²) in [4.78, 5) is 29.0. The number of aryl methyl sites for hydroxylation is 1. The lowest BCUT2D eigenvalue weighted by Crippen LogP contribution is -2.53. The molecule has 7 nitrogen and oxygen atoms in total. The molecule has 9 heteroatoms. The van der Waals surface area contributed by atoms with Gasteiger partial charge in [-0.05, 0) is 60.7 Å². The van der Waals surface area contributed by atoms with E-state index in [9.17, 15) is 18.0 Å². The van der Waals surface area contributed by atoms with Crippen molar-refractivity contribution in [3.05, 3.63) is 100 Å². The number of hydrogen-bond acceptors (Lipinski definition) is 4. The van der Waals surface area contributed by atoms with Gasteiger partial charge in [0.05, 0.1) is 11.9 Å². The van der Waals surface area contributed by atoms with Crippen molar-refractivity contribution in [2.45, 2.75) is 46.2 Å². The molecule has 0 radical (unpaired) electrons. The van der Waals surface area contributed by atoms with Crippen molar-refractivity contribution in [1.29, 1.82) is 0 Å². The number of anilines is 1. The summed E-state index contributed by atoms with van der Waals surface area (Å²) in [7, 11) is -3.82. The van der Waals surface area contributed by atoms with Crippen LogP contribution < -0.4 is 9.62 Å². The molecule has 0 aliphatic carbocycles. The first-order chi connectivity index (χ1) is 18.5. The Kier molecular flexibility index (Phi) is 10.5. The summed E-state index contributed by atoms with van der Waals surface area (Å²) in [5.74, 6) is -0.774. The number of amides is 2. The van der Waals surface area contributed by atoms with Crippen LogP contribution in [0.5, 0.6) is 0 Å². The van der Waals surface area contributed by atoms with Gasteiger partial charge in [-0.15, -0.1) is 0 Å². The highest BCUT2D eigenvalue weighted by Gasteiger charge is 2.33. The fourth-order valence-corrected chi connectivity index (χ4v) is 5.33. The van der Waals surface area contributed by atoms with Crippen LogP contribution in [-0.4, -0.2) is 50.5 Å². The van der Waals surface area contributed by atoms with Gasteiger partial charge in [0, 0.05) is 24.5 Å². The summed E-state index contributed by atoms with van der Waals surface area (Å²) in [5.41, 5.74) is 3.77. The van der Waals surface area contributed by atoms with Crippen LogP contribution in [0.2, 0.25) is 5.02 Å². The third-order valence-corrected chi connectivity index (χ3v) is 7.99. The zero-order chi connectivity index (χ0) is 28.6. The maximum Gasteiger partial charge on any atom is 0.244 e. The van der Waals surface area contributed by atoms with E-state index in [1.807, 2.05) is 57.2 Å². The molecular weight excluding hydrogens is 534 g/mol. The minimum absolute atomic E-state index is 0.109. The van der Waals surface area contributed by atoms with E-state index >= 15 is 0 Å². The molecular formula is C30H36ClN3O4S. The van der Waals surface area contributed by atoms with E-state index in [0.29, 0.717) is 17.3 Å². The Hall–Kier alpha value is -3.36. The predicted molar refractivity (Wildman–Crippen MR) is 157 cm³/mol. The van der Waals surface area contributed by atoms with Gasteiger partial charge in [0.15, 0.2) is 0 Å². The van der Waals surface area contributed by atoms with Gasteiger partial charge in [-0.1, -0.05) is 73.1 Å². The van der Waals surface area contributed by atoms with E-state index in [2.05, 4.69) is 5.32 Å². The SMILES string of the molecule is CCCNC(=O)C(Cc1ccccc1)N(Cc1ccc(Cl)cc1)C(=O)CN(c1cccc(C)c1C)S(C)(=O)=O. The molecule has 0 bridgehead atoms. The highest BCUT2D eigenvalue weighted by molar-refractivity contribution is 7.92. The molecule has 0 heterocycles. The quantitative estimate of drug-likeness (QED) is 0.336. The Balaban J connectivity index is 2.06. The topological polar surface area (TPSA) is 86.8 Å². The molecule has 2 amide bonds. The van der Waals surface area contributed by atoms with Crippen LogP contribution in [0, 0.1) is 13.8 Å². The van der Waals surface area contributed by atoms with Crippen LogP contribution in [0.4, 0.5) is 5.69 Å². The summed E-state index contributed by atoms with van der Waals surface area (Å²) in [6.07, 6.45) is 2.10. The zero-order valence-corrected chi connectivity index (χ0v) is 24.4. The van der Waals surface area contributed by atoms with Crippen LogP contribution >= 0.6 is 11.6 Å². The number of rotatable bonds is 12. The van der Waals surface area contributed by atoms with Gasteiger partial charge in [-0.3, -0.25) is 13.9 Å². The molecule has 0 saturated carbocycles. The maximum absolute atomic E-state index is 14.1. The lowest BCUT2D eigenvalue weighted by molar-refractivity contribution is -0.140. The molecule has 3 aromatic carbocycles. The molecule has 0 spiro atoms. The Morgan fingerprint density at radius 1 is 0.923 bits per heavy atom. The molecule has 0 aliphatic heterocycles. The highest BCUT2D eigenvalue weighted by atomic mass is 35.5. The summed E-state index contributed by atoms with van der Waals surface area (Å²) in [6, 6.07) is 21.0. The zero-order valence-electron chi connectivity index (χ0n) is 22.9. The normalized spacial score (nSPS) is 12.0. The highest BCUT2D eigenvalue weighted by Crippen LogP contribution is 2.26. The van der Waals surface area contributed by atoms with E-state index in [0.717, 1.165) is 39.2 Å². The first-order valence-corrected chi connectivity index (χ1v) is 15.1. The van der Waals surface area contributed by atoms with Gasteiger partial charge in [-0.25, -0.2) is 8.42 Å². The number of halogens is 1. The summed E-state index contributed by atoms with van der Waals surface area (Å²) in [6.45, 7) is 5.81. The van der Waals surface area contributed by atoms with Crippen molar-refractivity contribution in [3.63, 3.8) is 0 Å². The van der Waals surface area contributed by atoms with Crippen LogP contribution in [-0.2, 0) is 32.6 Å². The monoisotopic (exact) mass is 569 g/mol. The first kappa shape index (κ1) is 30.2. The van der Waals surface area contributed by atoms with E-state index in [1.165, 1.54) is 4.90 Å².